The van der Waals surface area contributed by atoms with E-state index >= 15 is 0 Å². The molecule has 0 amide bonds. The van der Waals surface area contributed by atoms with Gasteiger partial charge in [0.25, 0.3) is 0 Å². The first-order chi connectivity index (χ1) is 7.54. The fourth-order valence-electron chi connectivity index (χ4n) is 1.13. The highest BCUT2D eigenvalue weighted by Gasteiger charge is 2.20. The molecule has 0 aliphatic rings. The first kappa shape index (κ1) is 12.7. The van der Waals surface area contributed by atoms with Crippen LogP contribution in [0.25, 0.3) is 0 Å². The molecule has 1 heterocycles. The molecule has 1 aromatic heterocycles. The summed E-state index contributed by atoms with van der Waals surface area (Å²) in [7, 11) is 0. The molecule has 0 aromatic carbocycles. The smallest absolute Gasteiger partial charge is 0.480 e. The number of carboxylic acids is 1. The summed E-state index contributed by atoms with van der Waals surface area (Å²) in [6, 6.07) is -0.785. The third-order valence-electron chi connectivity index (χ3n) is 1.96. The number of nitrogens with one attached hydrogen (secondary N) is 1. The zero-order valence-electron chi connectivity index (χ0n) is 8.98. The topological polar surface area (TPSA) is 92.7 Å². The van der Waals surface area contributed by atoms with E-state index in [1.807, 2.05) is 6.26 Å². The third kappa shape index (κ3) is 3.34. The van der Waals surface area contributed by atoms with Gasteiger partial charge in [0.15, 0.2) is 5.76 Å². The predicted molar refractivity (Wildman–Crippen MR) is 60.0 cm³/mol. The van der Waals surface area contributed by atoms with Gasteiger partial charge in [-0.3, -0.25) is 0 Å². The van der Waals surface area contributed by atoms with Crippen LogP contribution >= 0.6 is 11.8 Å². The first-order valence-electron chi connectivity index (χ1n) is 4.63. The van der Waals surface area contributed by atoms with Crippen molar-refractivity contribution in [3.8, 4) is 0 Å². The van der Waals surface area contributed by atoms with E-state index in [0.717, 1.165) is 0 Å². The Labute approximate surface area is 96.0 Å². The lowest BCUT2D eigenvalue weighted by atomic mass is 10.2. The van der Waals surface area contributed by atoms with Gasteiger partial charge in [0.2, 0.25) is 5.88 Å². The van der Waals surface area contributed by atoms with E-state index in [2.05, 4.69) is 14.2 Å². The molecule has 0 aliphatic carbocycles. The van der Waals surface area contributed by atoms with Gasteiger partial charge in [-0.2, -0.15) is 11.8 Å². The molecule has 7 heteroatoms. The fourth-order valence-corrected chi connectivity index (χ4v) is 1.60. The summed E-state index contributed by atoms with van der Waals surface area (Å²) in [5.41, 5.74) is 0. The Morgan fingerprint density at radius 1 is 1.56 bits per heavy atom. The molecule has 0 radical (unpaired) electrons. The summed E-state index contributed by atoms with van der Waals surface area (Å²) in [6.45, 7) is 1.53. The van der Waals surface area contributed by atoms with Crippen LogP contribution in [-0.2, 0) is 4.79 Å². The van der Waals surface area contributed by atoms with E-state index < -0.39 is 17.8 Å². The Morgan fingerprint density at radius 2 is 2.25 bits per heavy atom. The number of anilines is 1. The van der Waals surface area contributed by atoms with E-state index in [0.29, 0.717) is 12.2 Å². The maximum absolute atomic E-state index is 10.9. The maximum atomic E-state index is 10.9. The maximum Gasteiger partial charge on any atom is 0.520 e. The Morgan fingerprint density at radius 3 is 2.69 bits per heavy atom. The number of aryl methyl sites for hydroxylation is 1. The number of aliphatic carboxylic acids is 1. The van der Waals surface area contributed by atoms with Gasteiger partial charge < -0.3 is 19.3 Å². The number of rotatable bonds is 6. The van der Waals surface area contributed by atoms with E-state index in [9.17, 15) is 9.59 Å². The zero-order chi connectivity index (χ0) is 12.1. The van der Waals surface area contributed by atoms with Crippen LogP contribution in [0, 0.1) is 6.92 Å². The Balaban J connectivity index is 2.71. The highest BCUT2D eigenvalue weighted by Crippen LogP contribution is 2.15. The molecule has 1 aromatic rings. The minimum absolute atomic E-state index is 0.0819. The molecule has 0 bridgehead atoms. The average molecular weight is 247 g/mol. The summed E-state index contributed by atoms with van der Waals surface area (Å²) in [4.78, 5) is 21.7. The molecule has 0 fully saturated rings. The molecule has 0 saturated carbocycles. The van der Waals surface area contributed by atoms with Crippen molar-refractivity contribution >= 4 is 23.6 Å². The Hall–Kier alpha value is -1.37. The summed E-state index contributed by atoms with van der Waals surface area (Å²) in [5.74, 6) is -0.796. The lowest BCUT2D eigenvalue weighted by Crippen LogP contribution is -2.29. The molecular weight excluding hydrogens is 234 g/mol. The molecule has 0 aliphatic heterocycles. The normalized spacial score (nSPS) is 12.4. The summed E-state index contributed by atoms with van der Waals surface area (Å²) < 4.78 is 9.29. The van der Waals surface area contributed by atoms with Crippen molar-refractivity contribution in [3.63, 3.8) is 0 Å². The van der Waals surface area contributed by atoms with Gasteiger partial charge in [-0.1, -0.05) is 0 Å². The van der Waals surface area contributed by atoms with E-state index in [1.54, 1.807) is 11.8 Å². The molecule has 6 nitrogen and oxygen atoms in total. The molecule has 1 rings (SSSR count). The molecule has 90 valence electrons. The Kier molecular flexibility index (Phi) is 4.48. The second-order valence-corrected chi connectivity index (χ2v) is 4.14. The van der Waals surface area contributed by atoms with Gasteiger partial charge >= 0.3 is 11.8 Å². The zero-order valence-corrected chi connectivity index (χ0v) is 9.80. The molecule has 0 saturated heterocycles. The monoisotopic (exact) mass is 247 g/mol. The van der Waals surface area contributed by atoms with Gasteiger partial charge in [0, 0.05) is 0 Å². The SMILES string of the molecule is CSCC[C@H](Nc1oc(=O)oc1C)C(=O)O. The molecule has 1 atom stereocenters. The number of carbonyl (C=O) groups is 1. The van der Waals surface area contributed by atoms with E-state index in [-0.39, 0.29) is 11.6 Å². The summed E-state index contributed by atoms with van der Waals surface area (Å²) >= 11 is 1.55. The second kappa shape index (κ2) is 5.64. The minimum Gasteiger partial charge on any atom is -0.480 e. The molecule has 0 spiro atoms. The Bertz CT molecular complexity index is 410. The average Bonchev–Trinajstić information content (AvgIpc) is 2.51. The minimum atomic E-state index is -0.989. The molecule has 2 N–H and O–H groups in total. The van der Waals surface area contributed by atoms with Crippen LogP contribution < -0.4 is 11.1 Å². The quantitative estimate of drug-likeness (QED) is 0.779. The van der Waals surface area contributed by atoms with Crippen molar-refractivity contribution in [3.05, 3.63) is 16.4 Å². The standard InChI is InChI=1S/C9H13NO5S/c1-5-7(15-9(13)14-5)10-6(8(11)12)3-4-16-2/h6,10H,3-4H2,1-2H3,(H,11,12)/t6-/m0/s1. The fraction of sp³-hybridized carbons (Fsp3) is 0.556. The van der Waals surface area contributed by atoms with Crippen molar-refractivity contribution < 1.29 is 18.7 Å². The van der Waals surface area contributed by atoms with Crippen molar-refractivity contribution in [2.24, 2.45) is 0 Å². The van der Waals surface area contributed by atoms with E-state index in [4.69, 9.17) is 5.11 Å². The van der Waals surface area contributed by atoms with Gasteiger partial charge in [-0.25, -0.2) is 9.59 Å². The number of hydrogen-bond acceptors (Lipinski definition) is 6. The number of carboxylic acid groups (broad SMARTS) is 1. The predicted octanol–water partition coefficient (Wildman–Crippen LogP) is 1.16. The van der Waals surface area contributed by atoms with Gasteiger partial charge in [-0.15, -0.1) is 0 Å². The summed E-state index contributed by atoms with van der Waals surface area (Å²) in [5, 5.41) is 11.6. The van der Waals surface area contributed by atoms with Crippen molar-refractivity contribution in [1.82, 2.24) is 0 Å². The molecular formula is C9H13NO5S. The second-order valence-electron chi connectivity index (χ2n) is 3.16. The van der Waals surface area contributed by atoms with Crippen LogP contribution in [-0.4, -0.2) is 29.1 Å². The molecule has 0 unspecified atom stereocenters. The third-order valence-corrected chi connectivity index (χ3v) is 2.60. The lowest BCUT2D eigenvalue weighted by molar-refractivity contribution is -0.138. The van der Waals surface area contributed by atoms with Crippen LogP contribution in [0.5, 0.6) is 0 Å². The van der Waals surface area contributed by atoms with Gasteiger partial charge in [-0.05, 0) is 25.4 Å². The highest BCUT2D eigenvalue weighted by atomic mass is 32.2. The van der Waals surface area contributed by atoms with Crippen molar-refractivity contribution in [2.45, 2.75) is 19.4 Å². The van der Waals surface area contributed by atoms with E-state index in [1.165, 1.54) is 6.92 Å². The first-order valence-corrected chi connectivity index (χ1v) is 6.02. The van der Waals surface area contributed by atoms with Crippen LogP contribution in [0.4, 0.5) is 5.88 Å². The largest absolute Gasteiger partial charge is 0.520 e. The van der Waals surface area contributed by atoms with Crippen LogP contribution in [0.15, 0.2) is 13.6 Å². The molecule has 16 heavy (non-hydrogen) atoms. The van der Waals surface area contributed by atoms with Gasteiger partial charge in [0.05, 0.1) is 0 Å². The van der Waals surface area contributed by atoms with Crippen molar-refractivity contribution in [2.75, 3.05) is 17.3 Å². The lowest BCUT2D eigenvalue weighted by Gasteiger charge is -2.12. The number of thioether (sulfide) groups is 1. The van der Waals surface area contributed by atoms with Gasteiger partial charge in [0.1, 0.15) is 6.04 Å². The van der Waals surface area contributed by atoms with Crippen LogP contribution in [0.3, 0.4) is 0 Å². The van der Waals surface area contributed by atoms with Crippen molar-refractivity contribution in [1.29, 1.82) is 0 Å². The summed E-state index contributed by atoms with van der Waals surface area (Å²) in [6.07, 6.45) is 2.33. The van der Waals surface area contributed by atoms with Crippen LogP contribution in [0.1, 0.15) is 12.2 Å². The number of hydrogen-bond donors (Lipinski definition) is 2. The van der Waals surface area contributed by atoms with Crippen LogP contribution in [0.2, 0.25) is 0 Å². The highest BCUT2D eigenvalue weighted by molar-refractivity contribution is 7.98.